The molecule has 0 radical (unpaired) electrons. The van der Waals surface area contributed by atoms with E-state index in [9.17, 15) is 14.7 Å². The highest BCUT2D eigenvalue weighted by Gasteiger charge is 2.27. The van der Waals surface area contributed by atoms with Gasteiger partial charge in [0.25, 0.3) is 5.91 Å². The van der Waals surface area contributed by atoms with Crippen molar-refractivity contribution in [2.75, 3.05) is 32.1 Å². The number of hydrogen-bond acceptors (Lipinski definition) is 5. The summed E-state index contributed by atoms with van der Waals surface area (Å²) in [6, 6.07) is 3.39. The number of likely N-dealkylation sites (N-methyl/N-ethyl adjacent to an activating group) is 1. The fourth-order valence-corrected chi connectivity index (χ4v) is 2.35. The van der Waals surface area contributed by atoms with Gasteiger partial charge in [-0.2, -0.15) is 0 Å². The number of ether oxygens (including phenoxy) is 1. The van der Waals surface area contributed by atoms with Gasteiger partial charge in [-0.05, 0) is 25.3 Å². The molecular formula is C15H21N3O4. The summed E-state index contributed by atoms with van der Waals surface area (Å²) in [6.07, 6.45) is 2.58. The minimum absolute atomic E-state index is 0.0432. The summed E-state index contributed by atoms with van der Waals surface area (Å²) in [7, 11) is 3.15. The van der Waals surface area contributed by atoms with Crippen LogP contribution in [-0.2, 0) is 9.59 Å². The number of aliphatic hydroxyl groups excluding tert-OH is 1. The van der Waals surface area contributed by atoms with Crippen molar-refractivity contribution in [3.8, 4) is 5.88 Å². The first-order valence-electron chi connectivity index (χ1n) is 7.26. The van der Waals surface area contributed by atoms with Crippen LogP contribution in [0.15, 0.2) is 18.3 Å². The number of carbonyl (C=O) groups excluding carboxylic acids is 2. The molecule has 1 aromatic rings. The van der Waals surface area contributed by atoms with Crippen LogP contribution < -0.4 is 9.64 Å². The zero-order valence-corrected chi connectivity index (χ0v) is 12.9. The third-order valence-electron chi connectivity index (χ3n) is 3.77. The molecule has 1 aliphatic rings. The van der Waals surface area contributed by atoms with Crippen LogP contribution >= 0.6 is 0 Å². The molecule has 7 nitrogen and oxygen atoms in total. The summed E-state index contributed by atoms with van der Waals surface area (Å²) >= 11 is 0. The van der Waals surface area contributed by atoms with Crippen molar-refractivity contribution in [2.45, 2.75) is 25.4 Å². The molecule has 2 heterocycles. The number of amides is 2. The summed E-state index contributed by atoms with van der Waals surface area (Å²) in [4.78, 5) is 31.2. The lowest BCUT2D eigenvalue weighted by atomic mass is 10.2. The summed E-state index contributed by atoms with van der Waals surface area (Å²) in [6.45, 7) is 0.453. The smallest absolute Gasteiger partial charge is 0.251 e. The van der Waals surface area contributed by atoms with Crippen LogP contribution in [0.1, 0.15) is 19.3 Å². The molecule has 0 bridgehead atoms. The van der Waals surface area contributed by atoms with Gasteiger partial charge in [-0.25, -0.2) is 4.98 Å². The lowest BCUT2D eigenvalue weighted by Gasteiger charge is -2.25. The van der Waals surface area contributed by atoms with Crippen LogP contribution in [0.25, 0.3) is 0 Å². The lowest BCUT2D eigenvalue weighted by Crippen LogP contribution is -2.44. The van der Waals surface area contributed by atoms with E-state index in [0.717, 1.165) is 12.8 Å². The second kappa shape index (κ2) is 7.22. The largest absolute Gasteiger partial charge is 0.481 e. The molecule has 120 valence electrons. The number of anilines is 1. The highest BCUT2D eigenvalue weighted by atomic mass is 16.5. The lowest BCUT2D eigenvalue weighted by molar-refractivity contribution is -0.142. The number of rotatable bonds is 4. The van der Waals surface area contributed by atoms with Crippen molar-refractivity contribution in [3.05, 3.63) is 18.3 Å². The SMILES string of the molecule is COc1ccc(N(C)C(=O)CN2CCCCC(O)C2=O)cn1. The van der Waals surface area contributed by atoms with Crippen LogP contribution in [0, 0.1) is 0 Å². The summed E-state index contributed by atoms with van der Waals surface area (Å²) in [5.74, 6) is -0.128. The van der Waals surface area contributed by atoms with Gasteiger partial charge in [0, 0.05) is 19.7 Å². The van der Waals surface area contributed by atoms with Gasteiger partial charge in [-0.3, -0.25) is 9.59 Å². The van der Waals surface area contributed by atoms with E-state index < -0.39 is 6.10 Å². The number of aromatic nitrogens is 1. The maximum atomic E-state index is 12.3. The van der Waals surface area contributed by atoms with Crippen molar-refractivity contribution in [1.29, 1.82) is 0 Å². The minimum Gasteiger partial charge on any atom is -0.481 e. The Hall–Kier alpha value is -2.15. The Kier molecular flexibility index (Phi) is 5.32. The molecule has 0 saturated carbocycles. The predicted octanol–water partition coefficient (Wildman–Crippen LogP) is 0.426. The minimum atomic E-state index is -0.997. The van der Waals surface area contributed by atoms with Crippen LogP contribution in [0.4, 0.5) is 5.69 Å². The van der Waals surface area contributed by atoms with Gasteiger partial charge >= 0.3 is 0 Å². The van der Waals surface area contributed by atoms with Crippen molar-refractivity contribution >= 4 is 17.5 Å². The third kappa shape index (κ3) is 3.73. The zero-order chi connectivity index (χ0) is 16.1. The van der Waals surface area contributed by atoms with Gasteiger partial charge in [-0.15, -0.1) is 0 Å². The molecule has 22 heavy (non-hydrogen) atoms. The molecule has 2 rings (SSSR count). The first kappa shape index (κ1) is 16.2. The van der Waals surface area contributed by atoms with Crippen molar-refractivity contribution in [2.24, 2.45) is 0 Å². The molecule has 0 aliphatic carbocycles. The average molecular weight is 307 g/mol. The van der Waals surface area contributed by atoms with E-state index in [1.54, 1.807) is 19.2 Å². The molecule has 1 fully saturated rings. The number of pyridine rings is 1. The second-order valence-corrected chi connectivity index (χ2v) is 5.28. The Morgan fingerprint density at radius 3 is 2.91 bits per heavy atom. The second-order valence-electron chi connectivity index (χ2n) is 5.28. The van der Waals surface area contributed by atoms with Crippen LogP contribution in [0.5, 0.6) is 5.88 Å². The normalized spacial score (nSPS) is 18.8. The molecule has 1 aliphatic heterocycles. The van der Waals surface area contributed by atoms with E-state index in [2.05, 4.69) is 4.98 Å². The molecular weight excluding hydrogens is 286 g/mol. The monoisotopic (exact) mass is 307 g/mol. The van der Waals surface area contributed by atoms with Gasteiger partial charge in [0.2, 0.25) is 11.8 Å². The summed E-state index contributed by atoms with van der Waals surface area (Å²) < 4.78 is 4.98. The third-order valence-corrected chi connectivity index (χ3v) is 3.77. The van der Waals surface area contributed by atoms with Crippen molar-refractivity contribution in [1.82, 2.24) is 9.88 Å². The molecule has 7 heteroatoms. The topological polar surface area (TPSA) is 83.0 Å². The van der Waals surface area contributed by atoms with Gasteiger partial charge in [-0.1, -0.05) is 0 Å². The standard InChI is InChI=1S/C15H21N3O4/c1-17(11-6-7-13(22-2)16-9-11)14(20)10-18-8-4-3-5-12(19)15(18)21/h6-7,9,12,19H,3-5,8,10H2,1-2H3. The summed E-state index contributed by atoms with van der Waals surface area (Å²) in [5, 5.41) is 9.71. The first-order chi connectivity index (χ1) is 10.5. The number of aliphatic hydroxyl groups is 1. The molecule has 1 saturated heterocycles. The molecule has 0 aromatic carbocycles. The van der Waals surface area contributed by atoms with Crippen molar-refractivity contribution in [3.63, 3.8) is 0 Å². The quantitative estimate of drug-likeness (QED) is 0.872. The van der Waals surface area contributed by atoms with Crippen LogP contribution in [0.3, 0.4) is 0 Å². The maximum absolute atomic E-state index is 12.3. The number of likely N-dealkylation sites (tertiary alicyclic amines) is 1. The number of carbonyl (C=O) groups is 2. The number of nitrogens with zero attached hydrogens (tertiary/aromatic N) is 3. The Labute approximate surface area is 129 Å². The van der Waals surface area contributed by atoms with E-state index in [4.69, 9.17) is 4.74 Å². The van der Waals surface area contributed by atoms with Crippen LogP contribution in [-0.4, -0.2) is 60.2 Å². The fourth-order valence-electron chi connectivity index (χ4n) is 2.35. The Morgan fingerprint density at radius 2 is 2.27 bits per heavy atom. The van der Waals surface area contributed by atoms with Gasteiger partial charge in [0.1, 0.15) is 12.6 Å². The van der Waals surface area contributed by atoms with Crippen molar-refractivity contribution < 1.29 is 19.4 Å². The predicted molar refractivity (Wildman–Crippen MR) is 80.6 cm³/mol. The van der Waals surface area contributed by atoms with Gasteiger partial charge in [0.05, 0.1) is 19.0 Å². The molecule has 1 unspecified atom stereocenters. The van der Waals surface area contributed by atoms with Gasteiger partial charge < -0.3 is 19.6 Å². The van der Waals surface area contributed by atoms with E-state index in [-0.39, 0.29) is 18.4 Å². The van der Waals surface area contributed by atoms with E-state index >= 15 is 0 Å². The highest BCUT2D eigenvalue weighted by Crippen LogP contribution is 2.16. The average Bonchev–Trinajstić information content (AvgIpc) is 2.70. The maximum Gasteiger partial charge on any atom is 0.251 e. The Morgan fingerprint density at radius 1 is 1.50 bits per heavy atom. The van der Waals surface area contributed by atoms with Crippen LogP contribution in [0.2, 0.25) is 0 Å². The molecule has 1 N–H and O–H groups in total. The van der Waals surface area contributed by atoms with E-state index in [1.807, 2.05) is 0 Å². The first-order valence-corrected chi connectivity index (χ1v) is 7.26. The summed E-state index contributed by atoms with van der Waals surface area (Å²) in [5.41, 5.74) is 0.619. The molecule has 0 spiro atoms. The highest BCUT2D eigenvalue weighted by molar-refractivity contribution is 5.96. The Balaban J connectivity index is 2.01. The Bertz CT molecular complexity index is 532. The fraction of sp³-hybridized carbons (Fsp3) is 0.533. The number of hydrogen-bond donors (Lipinski definition) is 1. The molecule has 1 aromatic heterocycles. The van der Waals surface area contributed by atoms with E-state index in [1.165, 1.54) is 23.1 Å². The molecule has 1 atom stereocenters. The van der Waals surface area contributed by atoms with Gasteiger partial charge in [0.15, 0.2) is 0 Å². The van der Waals surface area contributed by atoms with E-state index in [0.29, 0.717) is 24.5 Å². The number of methoxy groups -OCH3 is 1. The molecule has 2 amide bonds. The zero-order valence-electron chi connectivity index (χ0n) is 12.9.